The first-order valence-electron chi connectivity index (χ1n) is 11.4. The number of methoxy groups -OCH3 is 3. The van der Waals surface area contributed by atoms with E-state index in [2.05, 4.69) is 33.9 Å². The van der Waals surface area contributed by atoms with Gasteiger partial charge >= 0.3 is 0 Å². The summed E-state index contributed by atoms with van der Waals surface area (Å²) in [5.41, 5.74) is 1.40. The van der Waals surface area contributed by atoms with E-state index in [0.717, 1.165) is 44.7 Å². The Bertz CT molecular complexity index is 906. The fourth-order valence-electron chi connectivity index (χ4n) is 3.88. The average molecular weight is 461 g/mol. The molecular formula is C24H36N4O5. The van der Waals surface area contributed by atoms with Crippen LogP contribution in [0.1, 0.15) is 42.2 Å². The normalized spacial score (nSPS) is 15.0. The maximum Gasteiger partial charge on any atom is 0.273 e. The van der Waals surface area contributed by atoms with Gasteiger partial charge in [-0.15, -0.1) is 0 Å². The number of amides is 1. The Morgan fingerprint density at radius 2 is 1.70 bits per heavy atom. The lowest BCUT2D eigenvalue weighted by Crippen LogP contribution is -2.45. The van der Waals surface area contributed by atoms with Crippen LogP contribution in [0, 0.1) is 5.92 Å². The molecule has 2 heterocycles. The van der Waals surface area contributed by atoms with Crippen LogP contribution in [-0.4, -0.2) is 74.7 Å². The molecule has 9 nitrogen and oxygen atoms in total. The molecule has 0 bridgehead atoms. The maximum atomic E-state index is 12.2. The third-order valence-electron chi connectivity index (χ3n) is 5.80. The van der Waals surface area contributed by atoms with Crippen LogP contribution < -0.4 is 19.5 Å². The van der Waals surface area contributed by atoms with Gasteiger partial charge in [0.2, 0.25) is 11.6 Å². The molecule has 3 rings (SSSR count). The Balaban J connectivity index is 1.50. The van der Waals surface area contributed by atoms with E-state index in [-0.39, 0.29) is 5.91 Å². The minimum atomic E-state index is -0.181. The summed E-state index contributed by atoms with van der Waals surface area (Å²) >= 11 is 0. The molecule has 1 aromatic heterocycles. The number of nitrogens with zero attached hydrogens (tertiary/aromatic N) is 3. The fourth-order valence-corrected chi connectivity index (χ4v) is 3.88. The van der Waals surface area contributed by atoms with Gasteiger partial charge in [-0.2, -0.15) is 0 Å². The van der Waals surface area contributed by atoms with Gasteiger partial charge in [-0.05, 0) is 18.4 Å². The van der Waals surface area contributed by atoms with E-state index in [0.29, 0.717) is 47.8 Å². The van der Waals surface area contributed by atoms with Crippen LogP contribution in [0.3, 0.4) is 0 Å². The standard InChI is InChI=1S/C24H36N4O5/c1-17(2)8-9-25-24(29)19-16-33-21(26-19)15-28-12-10-27(11-13-28)14-18-6-7-20(30-3)23(32-5)22(18)31-4/h6-7,16-17H,8-15H2,1-5H3,(H,25,29). The van der Waals surface area contributed by atoms with E-state index in [9.17, 15) is 4.79 Å². The summed E-state index contributed by atoms with van der Waals surface area (Å²) in [5.74, 6) is 2.91. The van der Waals surface area contributed by atoms with E-state index >= 15 is 0 Å². The molecule has 1 aliphatic heterocycles. The number of benzene rings is 1. The molecule has 1 fully saturated rings. The number of carbonyl (C=O) groups is 1. The number of aromatic nitrogens is 1. The Hall–Kier alpha value is -2.78. The first kappa shape index (κ1) is 24.9. The van der Waals surface area contributed by atoms with Crippen molar-refractivity contribution in [2.24, 2.45) is 5.92 Å². The fraction of sp³-hybridized carbons (Fsp3) is 0.583. The van der Waals surface area contributed by atoms with E-state index < -0.39 is 0 Å². The van der Waals surface area contributed by atoms with Crippen LogP contribution in [0.25, 0.3) is 0 Å². The zero-order valence-corrected chi connectivity index (χ0v) is 20.3. The van der Waals surface area contributed by atoms with Gasteiger partial charge in [-0.3, -0.25) is 14.6 Å². The molecule has 33 heavy (non-hydrogen) atoms. The second kappa shape index (κ2) is 11.9. The second-order valence-electron chi connectivity index (χ2n) is 8.61. The summed E-state index contributed by atoms with van der Waals surface area (Å²) in [5, 5.41) is 2.89. The Kier molecular flexibility index (Phi) is 8.96. The quantitative estimate of drug-likeness (QED) is 0.548. The van der Waals surface area contributed by atoms with Crippen molar-refractivity contribution >= 4 is 5.91 Å². The molecule has 182 valence electrons. The molecule has 0 spiro atoms. The summed E-state index contributed by atoms with van der Waals surface area (Å²) < 4.78 is 22.0. The third-order valence-corrected chi connectivity index (χ3v) is 5.80. The van der Waals surface area contributed by atoms with E-state index in [1.54, 1.807) is 21.3 Å². The summed E-state index contributed by atoms with van der Waals surface area (Å²) in [6.07, 6.45) is 2.38. The number of oxazole rings is 1. The van der Waals surface area contributed by atoms with Crippen molar-refractivity contribution in [3.05, 3.63) is 35.5 Å². The lowest BCUT2D eigenvalue weighted by molar-refractivity contribution is 0.0946. The van der Waals surface area contributed by atoms with Gasteiger partial charge in [0.1, 0.15) is 6.26 Å². The monoisotopic (exact) mass is 460 g/mol. The van der Waals surface area contributed by atoms with Crippen molar-refractivity contribution in [1.29, 1.82) is 0 Å². The van der Waals surface area contributed by atoms with Gasteiger partial charge in [0.15, 0.2) is 17.2 Å². The molecule has 1 saturated heterocycles. The molecule has 0 radical (unpaired) electrons. The van der Waals surface area contributed by atoms with Crippen LogP contribution in [0.4, 0.5) is 0 Å². The summed E-state index contributed by atoms with van der Waals surface area (Å²) in [7, 11) is 4.88. The molecule has 0 atom stereocenters. The first-order valence-corrected chi connectivity index (χ1v) is 11.4. The minimum absolute atomic E-state index is 0.181. The average Bonchev–Trinajstić information content (AvgIpc) is 3.28. The molecule has 1 N–H and O–H groups in total. The number of carbonyl (C=O) groups excluding carboxylic acids is 1. The van der Waals surface area contributed by atoms with Crippen LogP contribution >= 0.6 is 0 Å². The predicted molar refractivity (Wildman–Crippen MR) is 125 cm³/mol. The van der Waals surface area contributed by atoms with E-state index in [1.165, 1.54) is 6.26 Å². The topological polar surface area (TPSA) is 89.3 Å². The van der Waals surface area contributed by atoms with Crippen molar-refractivity contribution in [3.63, 3.8) is 0 Å². The largest absolute Gasteiger partial charge is 0.493 e. The van der Waals surface area contributed by atoms with Gasteiger partial charge < -0.3 is 23.9 Å². The molecular weight excluding hydrogens is 424 g/mol. The Labute approximate surface area is 196 Å². The number of rotatable bonds is 11. The minimum Gasteiger partial charge on any atom is -0.493 e. The molecule has 2 aromatic rings. The molecule has 0 saturated carbocycles. The third kappa shape index (κ3) is 6.61. The van der Waals surface area contributed by atoms with Gasteiger partial charge in [0.25, 0.3) is 5.91 Å². The lowest BCUT2D eigenvalue weighted by atomic mass is 10.1. The first-order chi connectivity index (χ1) is 15.9. The van der Waals surface area contributed by atoms with Gasteiger partial charge in [-0.1, -0.05) is 19.9 Å². The highest BCUT2D eigenvalue weighted by atomic mass is 16.5. The van der Waals surface area contributed by atoms with E-state index in [4.69, 9.17) is 18.6 Å². The molecule has 0 unspecified atom stereocenters. The van der Waals surface area contributed by atoms with Gasteiger partial charge in [0, 0.05) is 44.8 Å². The van der Waals surface area contributed by atoms with Crippen LogP contribution in [0.15, 0.2) is 22.8 Å². The van der Waals surface area contributed by atoms with Gasteiger partial charge in [0.05, 0.1) is 27.9 Å². The van der Waals surface area contributed by atoms with Crippen molar-refractivity contribution in [2.75, 3.05) is 54.1 Å². The number of hydrogen-bond donors (Lipinski definition) is 1. The smallest absolute Gasteiger partial charge is 0.273 e. The zero-order valence-electron chi connectivity index (χ0n) is 20.3. The Morgan fingerprint density at radius 3 is 2.30 bits per heavy atom. The molecule has 0 aliphatic carbocycles. The maximum absolute atomic E-state index is 12.2. The highest BCUT2D eigenvalue weighted by molar-refractivity contribution is 5.91. The highest BCUT2D eigenvalue weighted by Gasteiger charge is 2.22. The van der Waals surface area contributed by atoms with E-state index in [1.807, 2.05) is 12.1 Å². The summed E-state index contributed by atoms with van der Waals surface area (Å²) in [6.45, 7) is 9.83. The SMILES string of the molecule is COc1ccc(CN2CCN(Cc3nc(C(=O)NCCC(C)C)co3)CC2)c(OC)c1OC. The summed E-state index contributed by atoms with van der Waals surface area (Å²) in [4.78, 5) is 21.2. The van der Waals surface area contributed by atoms with Crippen LogP contribution in [-0.2, 0) is 13.1 Å². The predicted octanol–water partition coefficient (Wildman–Crippen LogP) is 2.79. The highest BCUT2D eigenvalue weighted by Crippen LogP contribution is 2.40. The molecule has 9 heteroatoms. The molecule has 1 aliphatic rings. The van der Waals surface area contributed by atoms with Crippen molar-refractivity contribution in [3.8, 4) is 17.2 Å². The zero-order chi connectivity index (χ0) is 23.8. The molecule has 1 aromatic carbocycles. The molecule has 1 amide bonds. The second-order valence-corrected chi connectivity index (χ2v) is 8.61. The van der Waals surface area contributed by atoms with Gasteiger partial charge in [-0.25, -0.2) is 4.98 Å². The number of ether oxygens (including phenoxy) is 3. The summed E-state index contributed by atoms with van der Waals surface area (Å²) in [6, 6.07) is 3.93. The van der Waals surface area contributed by atoms with Crippen molar-refractivity contribution in [1.82, 2.24) is 20.1 Å². The number of piperazine rings is 1. The van der Waals surface area contributed by atoms with Crippen LogP contribution in [0.5, 0.6) is 17.2 Å². The lowest BCUT2D eigenvalue weighted by Gasteiger charge is -2.34. The number of nitrogens with one attached hydrogen (secondary N) is 1. The van der Waals surface area contributed by atoms with Crippen molar-refractivity contribution < 1.29 is 23.4 Å². The van der Waals surface area contributed by atoms with Crippen molar-refractivity contribution in [2.45, 2.75) is 33.4 Å². The Morgan fingerprint density at radius 1 is 1.03 bits per heavy atom. The number of hydrogen-bond acceptors (Lipinski definition) is 8. The van der Waals surface area contributed by atoms with Crippen LogP contribution in [0.2, 0.25) is 0 Å².